The van der Waals surface area contributed by atoms with Gasteiger partial charge in [-0.2, -0.15) is 0 Å². The van der Waals surface area contributed by atoms with Crippen LogP contribution >= 0.6 is 0 Å². The molecule has 33 heavy (non-hydrogen) atoms. The van der Waals surface area contributed by atoms with E-state index in [0.29, 0.717) is 11.3 Å². The summed E-state index contributed by atoms with van der Waals surface area (Å²) in [5, 5.41) is 0. The fourth-order valence-corrected chi connectivity index (χ4v) is 3.59. The average molecular weight is 450 g/mol. The number of esters is 2. The van der Waals surface area contributed by atoms with Gasteiger partial charge >= 0.3 is 11.9 Å². The van der Waals surface area contributed by atoms with Gasteiger partial charge in [-0.3, -0.25) is 4.99 Å². The van der Waals surface area contributed by atoms with Crippen LogP contribution in [0.25, 0.3) is 11.1 Å². The number of methoxy groups -OCH3 is 1. The summed E-state index contributed by atoms with van der Waals surface area (Å²) in [7, 11) is 1.36. The molecule has 6 nitrogen and oxygen atoms in total. The van der Waals surface area contributed by atoms with Crippen LogP contribution in [0.4, 0.5) is 0 Å². The molecule has 1 heterocycles. The number of rotatable bonds is 7. The van der Waals surface area contributed by atoms with Crippen molar-refractivity contribution >= 4 is 18.2 Å². The number of carbonyl (C=O) groups excluding carboxylic acids is 2. The molecule has 0 N–H and O–H groups in total. The quantitative estimate of drug-likeness (QED) is 0.544. The molecule has 3 rings (SSSR count). The van der Waals surface area contributed by atoms with Crippen molar-refractivity contribution in [3.8, 4) is 16.9 Å². The first-order valence-corrected chi connectivity index (χ1v) is 11.0. The number of carbonyl (C=O) groups is 2. The highest BCUT2D eigenvalue weighted by Gasteiger charge is 2.41. The number of nitrogens with zero attached hydrogens (tertiary/aromatic N) is 1. The number of hydrogen-bond acceptors (Lipinski definition) is 6. The first kappa shape index (κ1) is 24.2. The van der Waals surface area contributed by atoms with E-state index in [-0.39, 0.29) is 12.5 Å². The van der Waals surface area contributed by atoms with Crippen LogP contribution in [0.15, 0.2) is 59.6 Å². The Morgan fingerprint density at radius 2 is 1.79 bits per heavy atom. The summed E-state index contributed by atoms with van der Waals surface area (Å²) in [5.41, 5.74) is 1.23. The van der Waals surface area contributed by atoms with Crippen LogP contribution in [0.1, 0.15) is 50.5 Å². The average Bonchev–Trinajstić information content (AvgIpc) is 3.23. The predicted molar refractivity (Wildman–Crippen MR) is 129 cm³/mol. The zero-order valence-electron chi connectivity index (χ0n) is 20.0. The Hall–Kier alpha value is -3.41. The Kier molecular flexibility index (Phi) is 7.06. The highest BCUT2D eigenvalue weighted by molar-refractivity contribution is 5.92. The van der Waals surface area contributed by atoms with Crippen LogP contribution in [0, 0.1) is 0 Å². The number of allylic oxidation sites excluding steroid dienone is 1. The fourth-order valence-electron chi connectivity index (χ4n) is 3.59. The normalized spacial score (nSPS) is 17.3. The summed E-state index contributed by atoms with van der Waals surface area (Å²) in [4.78, 5) is 29.6. The van der Waals surface area contributed by atoms with Crippen molar-refractivity contribution in [2.24, 2.45) is 4.99 Å². The maximum atomic E-state index is 13.1. The van der Waals surface area contributed by atoms with Crippen molar-refractivity contribution < 1.29 is 23.8 Å². The third-order valence-corrected chi connectivity index (χ3v) is 5.02. The zero-order chi connectivity index (χ0) is 24.2. The maximum absolute atomic E-state index is 13.1. The molecule has 0 saturated carbocycles. The lowest BCUT2D eigenvalue weighted by atomic mass is 9.89. The molecule has 1 aliphatic heterocycles. The lowest BCUT2D eigenvalue weighted by molar-refractivity contribution is -0.159. The molecule has 1 unspecified atom stereocenters. The Labute approximate surface area is 195 Å². The Morgan fingerprint density at radius 1 is 1.06 bits per heavy atom. The van der Waals surface area contributed by atoms with E-state index in [0.717, 1.165) is 16.7 Å². The van der Waals surface area contributed by atoms with Gasteiger partial charge in [0.2, 0.25) is 0 Å². The molecule has 6 heteroatoms. The van der Waals surface area contributed by atoms with Gasteiger partial charge in [0, 0.05) is 12.6 Å². The van der Waals surface area contributed by atoms with E-state index in [4.69, 9.17) is 14.2 Å². The zero-order valence-corrected chi connectivity index (χ0v) is 20.0. The summed E-state index contributed by atoms with van der Waals surface area (Å²) in [5.74, 6) is -0.129. The van der Waals surface area contributed by atoms with Gasteiger partial charge in [-0.25, -0.2) is 9.59 Å². The van der Waals surface area contributed by atoms with Crippen LogP contribution in [0.5, 0.6) is 5.75 Å². The molecule has 174 valence electrons. The summed E-state index contributed by atoms with van der Waals surface area (Å²) in [6.45, 7) is 9.42. The van der Waals surface area contributed by atoms with Crippen molar-refractivity contribution in [1.82, 2.24) is 0 Å². The maximum Gasteiger partial charge on any atom is 0.338 e. The molecule has 1 atom stereocenters. The van der Waals surface area contributed by atoms with Gasteiger partial charge in [-0.15, -0.1) is 0 Å². The molecule has 0 fully saturated rings. The highest BCUT2D eigenvalue weighted by Crippen LogP contribution is 2.34. The second-order valence-corrected chi connectivity index (χ2v) is 9.30. The van der Waals surface area contributed by atoms with E-state index >= 15 is 0 Å². The molecule has 2 aromatic rings. The molecule has 0 aliphatic carbocycles. The Bertz CT molecular complexity index is 1080. The molecule has 0 spiro atoms. The first-order chi connectivity index (χ1) is 15.5. The van der Waals surface area contributed by atoms with Crippen molar-refractivity contribution in [3.63, 3.8) is 0 Å². The summed E-state index contributed by atoms with van der Waals surface area (Å²) < 4.78 is 16.6. The van der Waals surface area contributed by atoms with Gasteiger partial charge in [0.15, 0.2) is 5.54 Å². The Morgan fingerprint density at radius 3 is 2.39 bits per heavy atom. The smallest absolute Gasteiger partial charge is 0.338 e. The van der Waals surface area contributed by atoms with E-state index in [2.05, 4.69) is 4.99 Å². The van der Waals surface area contributed by atoms with Crippen LogP contribution in [0.3, 0.4) is 0 Å². The van der Waals surface area contributed by atoms with Crippen LogP contribution < -0.4 is 4.74 Å². The number of ether oxygens (including phenoxy) is 3. The molecule has 0 saturated heterocycles. The van der Waals surface area contributed by atoms with E-state index in [1.54, 1.807) is 30.5 Å². The van der Waals surface area contributed by atoms with Crippen molar-refractivity contribution in [1.29, 1.82) is 0 Å². The minimum atomic E-state index is -1.16. The van der Waals surface area contributed by atoms with E-state index in [9.17, 15) is 9.59 Å². The summed E-state index contributed by atoms with van der Waals surface area (Å²) in [6.07, 6.45) is 5.39. The van der Waals surface area contributed by atoms with Crippen molar-refractivity contribution in [2.75, 3.05) is 7.11 Å². The summed E-state index contributed by atoms with van der Waals surface area (Å²) in [6, 6.07) is 13.0. The molecular formula is C27H31NO5. The number of aliphatic imine (C=N–C) groups is 1. The topological polar surface area (TPSA) is 74.2 Å². The SMILES string of the molecule is COC(=O)c1cccc(-c2ccc(OC(C)C)c(CC3(C(=O)OC(C)(C)C)C=CC=N3)c2)c1. The third kappa shape index (κ3) is 5.89. The van der Waals surface area contributed by atoms with Gasteiger partial charge in [0.05, 0.1) is 18.8 Å². The minimum absolute atomic E-state index is 0.0441. The van der Waals surface area contributed by atoms with Gasteiger partial charge in [-0.05, 0) is 87.7 Å². The molecular weight excluding hydrogens is 418 g/mol. The molecule has 0 bridgehead atoms. The largest absolute Gasteiger partial charge is 0.491 e. The highest BCUT2D eigenvalue weighted by atomic mass is 16.6. The van der Waals surface area contributed by atoms with E-state index in [1.165, 1.54) is 7.11 Å². The lowest BCUT2D eigenvalue weighted by Gasteiger charge is -2.29. The monoisotopic (exact) mass is 449 g/mol. The second kappa shape index (κ2) is 9.61. The molecule has 0 aromatic heterocycles. The molecule has 0 radical (unpaired) electrons. The standard InChI is InChI=1S/C27H31NO5/c1-18(2)32-23-12-11-20(19-9-7-10-21(15-19)24(29)31-6)16-22(23)17-27(13-8-14-28-27)25(30)33-26(3,4)5/h7-16,18H,17H2,1-6H3. The van der Waals surface area contributed by atoms with Crippen molar-refractivity contribution in [2.45, 2.75) is 58.3 Å². The Balaban J connectivity index is 2.04. The van der Waals surface area contributed by atoms with E-state index in [1.807, 2.05) is 65.0 Å². The van der Waals surface area contributed by atoms with Gasteiger partial charge in [0.1, 0.15) is 11.4 Å². The van der Waals surface area contributed by atoms with Crippen LogP contribution in [-0.4, -0.2) is 42.5 Å². The van der Waals surface area contributed by atoms with Crippen LogP contribution in [-0.2, 0) is 20.7 Å². The minimum Gasteiger partial charge on any atom is -0.491 e. The predicted octanol–water partition coefficient (Wildman–Crippen LogP) is 5.19. The molecule has 2 aromatic carbocycles. The third-order valence-electron chi connectivity index (χ3n) is 5.02. The summed E-state index contributed by atoms with van der Waals surface area (Å²) >= 11 is 0. The van der Waals surface area contributed by atoms with Gasteiger partial charge < -0.3 is 14.2 Å². The lowest BCUT2D eigenvalue weighted by Crippen LogP contribution is -2.41. The first-order valence-electron chi connectivity index (χ1n) is 11.0. The number of hydrogen-bond donors (Lipinski definition) is 0. The van der Waals surface area contributed by atoms with Gasteiger partial charge in [0.25, 0.3) is 0 Å². The van der Waals surface area contributed by atoms with Crippen LogP contribution in [0.2, 0.25) is 0 Å². The molecule has 1 aliphatic rings. The molecule has 0 amide bonds. The number of benzene rings is 2. The second-order valence-electron chi connectivity index (χ2n) is 9.30. The fraction of sp³-hybridized carbons (Fsp3) is 0.370. The van der Waals surface area contributed by atoms with E-state index < -0.39 is 23.1 Å². The van der Waals surface area contributed by atoms with Crippen molar-refractivity contribution in [3.05, 3.63) is 65.7 Å². The van der Waals surface area contributed by atoms with Gasteiger partial charge in [-0.1, -0.05) is 18.2 Å².